The van der Waals surface area contributed by atoms with Crippen molar-refractivity contribution in [3.63, 3.8) is 0 Å². The maximum atomic E-state index is 13.4. The molecule has 1 N–H and O–H groups in total. The van der Waals surface area contributed by atoms with Crippen LogP contribution in [0.3, 0.4) is 0 Å². The van der Waals surface area contributed by atoms with Gasteiger partial charge in [0.25, 0.3) is 11.5 Å². The number of hydrogen-bond acceptors (Lipinski definition) is 6. The van der Waals surface area contributed by atoms with Gasteiger partial charge in [0, 0.05) is 18.0 Å². The maximum absolute atomic E-state index is 13.4. The van der Waals surface area contributed by atoms with E-state index in [1.807, 2.05) is 6.07 Å². The molecule has 1 aromatic carbocycles. The minimum Gasteiger partial charge on any atom is -0.369 e. The summed E-state index contributed by atoms with van der Waals surface area (Å²) < 4.78 is 79.7. The monoisotopic (exact) mass is 612 g/mol. The SMILES string of the molecule is N#Cc1ccc(CN(C(=O)c2ccncc2)c2nc(I)c(C(O)(C(F)(F)F)C(F)(F)F)s2)cc1. The molecule has 0 fully saturated rings. The molecule has 178 valence electrons. The molecule has 3 rings (SSSR count). The third kappa shape index (κ3) is 4.86. The van der Waals surface area contributed by atoms with Crippen LogP contribution in [0.4, 0.5) is 31.5 Å². The van der Waals surface area contributed by atoms with E-state index < -0.39 is 37.6 Å². The fraction of sp³-hybridized carbons (Fsp3) is 0.200. The summed E-state index contributed by atoms with van der Waals surface area (Å²) in [6.45, 7) is -0.285. The molecule has 0 saturated carbocycles. The Morgan fingerprint density at radius 2 is 1.62 bits per heavy atom. The van der Waals surface area contributed by atoms with Gasteiger partial charge in [-0.2, -0.15) is 31.6 Å². The van der Waals surface area contributed by atoms with Gasteiger partial charge in [-0.1, -0.05) is 23.5 Å². The first-order valence-electron chi connectivity index (χ1n) is 9.03. The molecule has 0 unspecified atom stereocenters. The van der Waals surface area contributed by atoms with Crippen molar-refractivity contribution in [1.29, 1.82) is 5.26 Å². The van der Waals surface area contributed by atoms with Crippen LogP contribution in [0.25, 0.3) is 0 Å². The zero-order valence-corrected chi connectivity index (χ0v) is 19.5. The van der Waals surface area contributed by atoms with Crippen molar-refractivity contribution in [3.05, 3.63) is 74.1 Å². The third-order valence-corrected chi connectivity index (χ3v) is 6.88. The summed E-state index contributed by atoms with van der Waals surface area (Å²) in [6, 6.07) is 10.4. The number of nitriles is 1. The molecule has 0 saturated heterocycles. The molecule has 14 heteroatoms. The van der Waals surface area contributed by atoms with Gasteiger partial charge in [0.15, 0.2) is 5.13 Å². The smallest absolute Gasteiger partial charge is 0.369 e. The number of nitrogens with zero attached hydrogens (tertiary/aromatic N) is 4. The van der Waals surface area contributed by atoms with E-state index in [2.05, 4.69) is 9.97 Å². The largest absolute Gasteiger partial charge is 0.431 e. The number of amides is 1. The number of anilines is 1. The van der Waals surface area contributed by atoms with E-state index in [0.717, 1.165) is 27.5 Å². The van der Waals surface area contributed by atoms with E-state index in [-0.39, 0.29) is 23.4 Å². The lowest BCUT2D eigenvalue weighted by molar-refractivity contribution is -0.375. The summed E-state index contributed by atoms with van der Waals surface area (Å²) in [6.07, 6.45) is -9.61. The molecule has 3 aromatic rings. The third-order valence-electron chi connectivity index (χ3n) is 4.55. The molecular weight excluding hydrogens is 601 g/mol. The lowest BCUT2D eigenvalue weighted by Gasteiger charge is -2.31. The van der Waals surface area contributed by atoms with E-state index in [4.69, 9.17) is 5.26 Å². The fourth-order valence-electron chi connectivity index (χ4n) is 2.79. The highest BCUT2D eigenvalue weighted by atomic mass is 127. The second kappa shape index (κ2) is 9.47. The summed E-state index contributed by atoms with van der Waals surface area (Å²) in [7, 11) is 0. The molecule has 0 radical (unpaired) electrons. The van der Waals surface area contributed by atoms with E-state index in [0.29, 0.717) is 11.1 Å². The van der Waals surface area contributed by atoms with E-state index in [1.165, 1.54) is 48.8 Å². The van der Waals surface area contributed by atoms with Crippen LogP contribution in [-0.2, 0) is 12.1 Å². The predicted octanol–water partition coefficient (Wildman–Crippen LogP) is 5.17. The number of halogens is 7. The zero-order chi connectivity index (χ0) is 25.3. The van der Waals surface area contributed by atoms with Gasteiger partial charge in [0.05, 0.1) is 23.1 Å². The second-order valence-electron chi connectivity index (χ2n) is 6.76. The first-order valence-corrected chi connectivity index (χ1v) is 10.9. The Labute approximate surface area is 205 Å². The van der Waals surface area contributed by atoms with Gasteiger partial charge in [-0.05, 0) is 52.4 Å². The number of alkyl halides is 6. The first kappa shape index (κ1) is 25.8. The fourth-order valence-corrected chi connectivity index (χ4v) is 4.99. The molecule has 2 heterocycles. The van der Waals surface area contributed by atoms with Crippen LogP contribution in [0, 0.1) is 15.0 Å². The first-order chi connectivity index (χ1) is 15.8. The van der Waals surface area contributed by atoms with E-state index >= 15 is 0 Å². The lowest BCUT2D eigenvalue weighted by atomic mass is 10.0. The van der Waals surface area contributed by atoms with Gasteiger partial charge >= 0.3 is 12.4 Å². The molecular formula is C20H11F6IN4O2S. The number of aliphatic hydroxyl groups is 1. The van der Waals surface area contributed by atoms with E-state index in [1.54, 1.807) is 0 Å². The van der Waals surface area contributed by atoms with Gasteiger partial charge in [-0.15, -0.1) is 0 Å². The number of pyridine rings is 1. The standard InChI is InChI=1S/C20H11F6IN4O2S/c21-19(22,23)18(33,20(24,25)26)14-15(27)30-17(34-14)31(16(32)13-5-7-29-8-6-13)10-12-3-1-11(9-28)2-4-12/h1-8,33H,10H2. The van der Waals surface area contributed by atoms with Crippen molar-refractivity contribution in [2.24, 2.45) is 0 Å². The lowest BCUT2D eigenvalue weighted by Crippen LogP contribution is -2.53. The quantitative estimate of drug-likeness (QED) is 0.317. The Kier molecular flexibility index (Phi) is 7.20. The normalized spacial score (nSPS) is 12.3. The van der Waals surface area contributed by atoms with Crippen LogP contribution in [0.1, 0.15) is 26.4 Å². The molecule has 0 aliphatic heterocycles. The predicted molar refractivity (Wildman–Crippen MR) is 117 cm³/mol. The molecule has 0 spiro atoms. The molecule has 6 nitrogen and oxygen atoms in total. The molecule has 1 amide bonds. The molecule has 2 aromatic heterocycles. The summed E-state index contributed by atoms with van der Waals surface area (Å²) in [4.78, 5) is 20.1. The average molecular weight is 612 g/mol. The Bertz CT molecular complexity index is 1210. The van der Waals surface area contributed by atoms with Crippen LogP contribution in [0.5, 0.6) is 0 Å². The van der Waals surface area contributed by atoms with Crippen molar-refractivity contribution in [2.75, 3.05) is 4.90 Å². The number of carbonyl (C=O) groups excluding carboxylic acids is 1. The Morgan fingerprint density at radius 3 is 2.12 bits per heavy atom. The van der Waals surface area contributed by atoms with Gasteiger partial charge in [0.2, 0.25) is 0 Å². The van der Waals surface area contributed by atoms with Crippen molar-refractivity contribution in [2.45, 2.75) is 24.5 Å². The number of thiazole rings is 1. The van der Waals surface area contributed by atoms with Crippen LogP contribution in [-0.4, -0.2) is 33.3 Å². The summed E-state index contributed by atoms with van der Waals surface area (Å²) >= 11 is 1.06. The minimum atomic E-state index is -6.10. The average Bonchev–Trinajstić information content (AvgIpc) is 3.17. The number of aromatic nitrogens is 2. The highest BCUT2D eigenvalue weighted by Gasteiger charge is 2.73. The molecule has 0 aliphatic rings. The molecule has 0 atom stereocenters. The number of carbonyl (C=O) groups is 1. The Morgan fingerprint density at radius 1 is 1.06 bits per heavy atom. The van der Waals surface area contributed by atoms with E-state index in [9.17, 15) is 36.2 Å². The van der Waals surface area contributed by atoms with Crippen molar-refractivity contribution >= 4 is 45.0 Å². The summed E-state index contributed by atoms with van der Waals surface area (Å²) in [5.74, 6) is -0.772. The van der Waals surface area contributed by atoms with Crippen LogP contribution >= 0.6 is 33.9 Å². The molecule has 34 heavy (non-hydrogen) atoms. The maximum Gasteiger partial charge on any atom is 0.431 e. The van der Waals surface area contributed by atoms with Gasteiger partial charge < -0.3 is 5.11 Å². The number of benzene rings is 1. The van der Waals surface area contributed by atoms with Crippen molar-refractivity contribution in [3.8, 4) is 6.07 Å². The highest BCUT2D eigenvalue weighted by Crippen LogP contribution is 2.53. The Balaban J connectivity index is 2.13. The topological polar surface area (TPSA) is 90.1 Å². The number of rotatable bonds is 5. The summed E-state index contributed by atoms with van der Waals surface area (Å²) in [5.41, 5.74) is -4.39. The van der Waals surface area contributed by atoms with Crippen LogP contribution in [0.2, 0.25) is 0 Å². The van der Waals surface area contributed by atoms with Gasteiger partial charge in [-0.25, -0.2) is 4.98 Å². The molecule has 0 aliphatic carbocycles. The van der Waals surface area contributed by atoms with Crippen LogP contribution < -0.4 is 4.90 Å². The van der Waals surface area contributed by atoms with Crippen molar-refractivity contribution in [1.82, 2.24) is 9.97 Å². The highest BCUT2D eigenvalue weighted by molar-refractivity contribution is 14.1. The second-order valence-corrected chi connectivity index (χ2v) is 8.76. The molecule has 0 bridgehead atoms. The van der Waals surface area contributed by atoms with Gasteiger partial charge in [0.1, 0.15) is 3.70 Å². The van der Waals surface area contributed by atoms with Crippen LogP contribution in [0.15, 0.2) is 48.8 Å². The Hall–Kier alpha value is -2.77. The zero-order valence-electron chi connectivity index (χ0n) is 16.5. The minimum absolute atomic E-state index is 0.0531. The summed E-state index contributed by atoms with van der Waals surface area (Å²) in [5, 5.41) is 18.2. The van der Waals surface area contributed by atoms with Crippen molar-refractivity contribution < 1.29 is 36.2 Å². The van der Waals surface area contributed by atoms with Gasteiger partial charge in [-0.3, -0.25) is 14.7 Å². The number of hydrogen-bond donors (Lipinski definition) is 1.